The molecule has 19 heavy (non-hydrogen) atoms. The Morgan fingerprint density at radius 2 is 1.95 bits per heavy atom. The third kappa shape index (κ3) is 6.82. The number of nitrogens with zero attached hydrogens (tertiary/aromatic N) is 1. The average molecular weight is 263 g/mol. The van der Waals surface area contributed by atoms with E-state index in [1.54, 1.807) is 0 Å². The van der Waals surface area contributed by atoms with Crippen LogP contribution in [0.5, 0.6) is 0 Å². The number of rotatable bonds is 8. The lowest BCUT2D eigenvalue weighted by molar-refractivity contribution is -0.119. The third-order valence-electron chi connectivity index (χ3n) is 3.12. The van der Waals surface area contributed by atoms with Crippen LogP contribution in [-0.4, -0.2) is 43.5 Å². The van der Waals surface area contributed by atoms with E-state index in [0.717, 1.165) is 25.2 Å². The molecule has 0 heterocycles. The van der Waals surface area contributed by atoms with Crippen molar-refractivity contribution in [2.45, 2.75) is 26.3 Å². The molecule has 0 atom stereocenters. The number of hydrogen-bond acceptors (Lipinski definition) is 3. The zero-order valence-electron chi connectivity index (χ0n) is 12.1. The second kappa shape index (κ2) is 8.53. The molecule has 1 aromatic rings. The Morgan fingerprint density at radius 1 is 1.26 bits per heavy atom. The van der Waals surface area contributed by atoms with Crippen LogP contribution in [0, 0.1) is 0 Å². The SMILES string of the molecule is CC(C)N(C)CCCNC(=O)CNc1ccccc1. The van der Waals surface area contributed by atoms with Crippen molar-refractivity contribution in [1.29, 1.82) is 0 Å². The lowest BCUT2D eigenvalue weighted by Gasteiger charge is -2.20. The van der Waals surface area contributed by atoms with E-state index in [9.17, 15) is 4.79 Å². The molecule has 2 N–H and O–H groups in total. The van der Waals surface area contributed by atoms with Gasteiger partial charge in [0.25, 0.3) is 0 Å². The van der Waals surface area contributed by atoms with Gasteiger partial charge in [0, 0.05) is 18.3 Å². The van der Waals surface area contributed by atoms with Crippen LogP contribution >= 0.6 is 0 Å². The first-order valence-corrected chi connectivity index (χ1v) is 6.85. The van der Waals surface area contributed by atoms with E-state index in [1.165, 1.54) is 0 Å². The maximum absolute atomic E-state index is 11.6. The number of hydrogen-bond donors (Lipinski definition) is 2. The fourth-order valence-corrected chi connectivity index (χ4v) is 1.62. The number of carbonyl (C=O) groups is 1. The first-order valence-electron chi connectivity index (χ1n) is 6.85. The van der Waals surface area contributed by atoms with Crippen LogP contribution in [0.2, 0.25) is 0 Å². The van der Waals surface area contributed by atoms with E-state index in [1.807, 2.05) is 30.3 Å². The molecule has 0 saturated carbocycles. The molecule has 4 nitrogen and oxygen atoms in total. The van der Waals surface area contributed by atoms with Crippen LogP contribution in [0.15, 0.2) is 30.3 Å². The second-order valence-corrected chi connectivity index (χ2v) is 5.00. The minimum atomic E-state index is 0.0380. The highest BCUT2D eigenvalue weighted by atomic mass is 16.1. The molecule has 0 unspecified atom stereocenters. The summed E-state index contributed by atoms with van der Waals surface area (Å²) >= 11 is 0. The molecule has 0 aromatic heterocycles. The lowest BCUT2D eigenvalue weighted by atomic mass is 10.3. The van der Waals surface area contributed by atoms with Crippen molar-refractivity contribution < 1.29 is 4.79 Å². The first-order chi connectivity index (χ1) is 9.09. The molecule has 0 radical (unpaired) electrons. The molecule has 4 heteroatoms. The van der Waals surface area contributed by atoms with Crippen LogP contribution in [0.4, 0.5) is 5.69 Å². The number of amides is 1. The van der Waals surface area contributed by atoms with Gasteiger partial charge in [-0.15, -0.1) is 0 Å². The van der Waals surface area contributed by atoms with Crippen molar-refractivity contribution in [3.05, 3.63) is 30.3 Å². The van der Waals surface area contributed by atoms with Gasteiger partial charge in [-0.1, -0.05) is 18.2 Å². The molecule has 0 spiro atoms. The van der Waals surface area contributed by atoms with Crippen LogP contribution < -0.4 is 10.6 Å². The first kappa shape index (κ1) is 15.5. The van der Waals surface area contributed by atoms with Gasteiger partial charge in [0.05, 0.1) is 6.54 Å². The summed E-state index contributed by atoms with van der Waals surface area (Å²) in [5, 5.41) is 6.01. The average Bonchev–Trinajstić information content (AvgIpc) is 2.42. The largest absolute Gasteiger partial charge is 0.376 e. The quantitative estimate of drug-likeness (QED) is 0.705. The summed E-state index contributed by atoms with van der Waals surface area (Å²) in [6.07, 6.45) is 0.978. The van der Waals surface area contributed by atoms with Gasteiger partial charge in [-0.2, -0.15) is 0 Å². The molecule has 1 rings (SSSR count). The van der Waals surface area contributed by atoms with E-state index in [2.05, 4.69) is 36.4 Å². The summed E-state index contributed by atoms with van der Waals surface area (Å²) in [5.41, 5.74) is 0.970. The monoisotopic (exact) mass is 263 g/mol. The van der Waals surface area contributed by atoms with Crippen molar-refractivity contribution in [2.24, 2.45) is 0 Å². The zero-order chi connectivity index (χ0) is 14.1. The van der Waals surface area contributed by atoms with Gasteiger partial charge in [-0.3, -0.25) is 4.79 Å². The summed E-state index contributed by atoms with van der Waals surface area (Å²) in [6, 6.07) is 10.3. The van der Waals surface area contributed by atoms with Crippen LogP contribution in [-0.2, 0) is 4.79 Å². The Balaban J connectivity index is 2.09. The number of para-hydroxylation sites is 1. The predicted molar refractivity (Wildman–Crippen MR) is 80.3 cm³/mol. The third-order valence-corrected chi connectivity index (χ3v) is 3.12. The Labute approximate surface area is 116 Å². The fraction of sp³-hybridized carbons (Fsp3) is 0.533. The highest BCUT2D eigenvalue weighted by Crippen LogP contribution is 2.03. The molecule has 0 aliphatic rings. The second-order valence-electron chi connectivity index (χ2n) is 5.00. The molecule has 0 aliphatic heterocycles. The van der Waals surface area contributed by atoms with E-state index in [-0.39, 0.29) is 5.91 Å². The minimum absolute atomic E-state index is 0.0380. The topological polar surface area (TPSA) is 44.4 Å². The van der Waals surface area contributed by atoms with Gasteiger partial charge in [0.15, 0.2) is 0 Å². The maximum Gasteiger partial charge on any atom is 0.239 e. The van der Waals surface area contributed by atoms with E-state index < -0.39 is 0 Å². The number of benzene rings is 1. The van der Waals surface area contributed by atoms with Crippen LogP contribution in [0.1, 0.15) is 20.3 Å². The summed E-state index contributed by atoms with van der Waals surface area (Å²) in [5.74, 6) is 0.0380. The summed E-state index contributed by atoms with van der Waals surface area (Å²) in [6.45, 7) is 6.39. The van der Waals surface area contributed by atoms with Gasteiger partial charge in [-0.05, 0) is 46.0 Å². The number of nitrogens with one attached hydrogen (secondary N) is 2. The Hall–Kier alpha value is -1.55. The van der Waals surface area contributed by atoms with Crippen LogP contribution in [0.25, 0.3) is 0 Å². The maximum atomic E-state index is 11.6. The molecule has 0 aliphatic carbocycles. The smallest absolute Gasteiger partial charge is 0.239 e. The molecule has 1 aromatic carbocycles. The molecule has 0 bridgehead atoms. The van der Waals surface area contributed by atoms with Crippen molar-refractivity contribution in [1.82, 2.24) is 10.2 Å². The molecular formula is C15H25N3O. The Morgan fingerprint density at radius 3 is 2.58 bits per heavy atom. The van der Waals surface area contributed by atoms with Crippen LogP contribution in [0.3, 0.4) is 0 Å². The van der Waals surface area contributed by atoms with Crippen molar-refractivity contribution in [2.75, 3.05) is 32.0 Å². The van der Waals surface area contributed by atoms with Gasteiger partial charge in [-0.25, -0.2) is 0 Å². The van der Waals surface area contributed by atoms with Gasteiger partial charge in [0.2, 0.25) is 5.91 Å². The number of anilines is 1. The Bertz CT molecular complexity index is 365. The van der Waals surface area contributed by atoms with Gasteiger partial charge < -0.3 is 15.5 Å². The standard InChI is InChI=1S/C15H25N3O/c1-13(2)18(3)11-7-10-16-15(19)12-17-14-8-5-4-6-9-14/h4-6,8-9,13,17H,7,10-12H2,1-3H3,(H,16,19). The molecule has 0 saturated heterocycles. The molecular weight excluding hydrogens is 238 g/mol. The molecule has 1 amide bonds. The summed E-state index contributed by atoms with van der Waals surface area (Å²) < 4.78 is 0. The van der Waals surface area contributed by atoms with Crippen molar-refractivity contribution in [3.8, 4) is 0 Å². The van der Waals surface area contributed by atoms with Crippen molar-refractivity contribution >= 4 is 11.6 Å². The molecule has 0 fully saturated rings. The van der Waals surface area contributed by atoms with E-state index in [0.29, 0.717) is 12.6 Å². The highest BCUT2D eigenvalue weighted by Gasteiger charge is 2.03. The number of carbonyl (C=O) groups excluding carboxylic acids is 1. The lowest BCUT2D eigenvalue weighted by Crippen LogP contribution is -2.33. The summed E-state index contributed by atoms with van der Waals surface area (Å²) in [7, 11) is 2.10. The van der Waals surface area contributed by atoms with E-state index in [4.69, 9.17) is 0 Å². The van der Waals surface area contributed by atoms with Gasteiger partial charge >= 0.3 is 0 Å². The highest BCUT2D eigenvalue weighted by molar-refractivity contribution is 5.80. The van der Waals surface area contributed by atoms with Crippen molar-refractivity contribution in [3.63, 3.8) is 0 Å². The van der Waals surface area contributed by atoms with E-state index >= 15 is 0 Å². The normalized spacial score (nSPS) is 10.8. The summed E-state index contributed by atoms with van der Waals surface area (Å²) in [4.78, 5) is 13.9. The van der Waals surface area contributed by atoms with Gasteiger partial charge in [0.1, 0.15) is 0 Å². The zero-order valence-corrected chi connectivity index (χ0v) is 12.1. The Kier molecular flexibility index (Phi) is 6.97. The minimum Gasteiger partial charge on any atom is -0.376 e. The predicted octanol–water partition coefficient (Wildman–Crippen LogP) is 1.94. The fourth-order valence-electron chi connectivity index (χ4n) is 1.62. The molecule has 106 valence electrons.